The molecule has 236 valence electrons. The molecule has 0 aliphatic rings. The molecular formula is C36H41N3O5S. The number of nitrogens with zero attached hydrogens (tertiary/aromatic N) is 2. The van der Waals surface area contributed by atoms with Crippen molar-refractivity contribution in [2.75, 3.05) is 17.5 Å². The van der Waals surface area contributed by atoms with E-state index in [1.54, 1.807) is 42.5 Å². The van der Waals surface area contributed by atoms with Crippen LogP contribution in [-0.2, 0) is 32.6 Å². The number of sulfonamides is 1. The molecule has 4 rings (SSSR count). The summed E-state index contributed by atoms with van der Waals surface area (Å²) in [6, 6.07) is 30.9. The molecule has 0 spiro atoms. The quantitative estimate of drug-likeness (QED) is 0.192. The topological polar surface area (TPSA) is 96.0 Å². The van der Waals surface area contributed by atoms with Gasteiger partial charge >= 0.3 is 0 Å². The van der Waals surface area contributed by atoms with Crippen LogP contribution in [0.25, 0.3) is 0 Å². The maximum atomic E-state index is 14.6. The van der Waals surface area contributed by atoms with Crippen LogP contribution in [0.15, 0.2) is 114 Å². The average molecular weight is 628 g/mol. The lowest BCUT2D eigenvalue weighted by atomic mass is 10.0. The molecule has 1 atom stereocenters. The summed E-state index contributed by atoms with van der Waals surface area (Å²) in [6.45, 7) is 7.36. The van der Waals surface area contributed by atoms with Crippen LogP contribution < -0.4 is 14.4 Å². The van der Waals surface area contributed by atoms with Gasteiger partial charge in [0, 0.05) is 19.0 Å². The lowest BCUT2D eigenvalue weighted by molar-refractivity contribution is -0.140. The van der Waals surface area contributed by atoms with Gasteiger partial charge in [-0.2, -0.15) is 0 Å². The van der Waals surface area contributed by atoms with Gasteiger partial charge in [0.05, 0.1) is 17.2 Å². The molecule has 4 aromatic rings. The number of carbonyl (C=O) groups is 2. The Morgan fingerprint density at radius 3 is 2.09 bits per heavy atom. The molecule has 0 fully saturated rings. The van der Waals surface area contributed by atoms with Gasteiger partial charge in [0.2, 0.25) is 11.8 Å². The number of nitrogens with one attached hydrogen (secondary N) is 1. The van der Waals surface area contributed by atoms with E-state index in [9.17, 15) is 18.0 Å². The molecule has 0 aromatic heterocycles. The van der Waals surface area contributed by atoms with Crippen molar-refractivity contribution in [2.45, 2.75) is 57.6 Å². The van der Waals surface area contributed by atoms with E-state index in [1.165, 1.54) is 17.0 Å². The number of benzene rings is 4. The minimum absolute atomic E-state index is 0.0349. The first-order chi connectivity index (χ1) is 21.6. The minimum atomic E-state index is -4.22. The predicted octanol–water partition coefficient (Wildman–Crippen LogP) is 5.75. The minimum Gasteiger partial charge on any atom is -0.492 e. The number of para-hydroxylation sites is 2. The number of rotatable bonds is 14. The van der Waals surface area contributed by atoms with E-state index < -0.39 is 28.5 Å². The number of amides is 2. The molecule has 0 heterocycles. The van der Waals surface area contributed by atoms with Gasteiger partial charge in [0.1, 0.15) is 18.3 Å². The summed E-state index contributed by atoms with van der Waals surface area (Å²) in [6.07, 6.45) is 0.248. The molecule has 0 saturated carbocycles. The van der Waals surface area contributed by atoms with Crippen molar-refractivity contribution in [3.8, 4) is 5.75 Å². The summed E-state index contributed by atoms with van der Waals surface area (Å²) in [4.78, 5) is 29.9. The first kappa shape index (κ1) is 33.3. The Kier molecular flexibility index (Phi) is 11.4. The Labute approximate surface area is 266 Å². The maximum absolute atomic E-state index is 14.6. The highest BCUT2D eigenvalue weighted by Crippen LogP contribution is 2.33. The van der Waals surface area contributed by atoms with Crippen LogP contribution in [0.5, 0.6) is 5.75 Å². The Morgan fingerprint density at radius 2 is 1.44 bits per heavy atom. The Morgan fingerprint density at radius 1 is 0.822 bits per heavy atom. The molecule has 4 aromatic carbocycles. The number of hydrogen-bond acceptors (Lipinski definition) is 5. The first-order valence-corrected chi connectivity index (χ1v) is 16.5. The summed E-state index contributed by atoms with van der Waals surface area (Å²) in [5.41, 5.74) is 2.94. The second-order valence-corrected chi connectivity index (χ2v) is 13.0. The molecule has 9 heteroatoms. The Hall–Kier alpha value is -4.63. The van der Waals surface area contributed by atoms with Crippen LogP contribution in [0, 0.1) is 6.92 Å². The van der Waals surface area contributed by atoms with Gasteiger partial charge in [-0.3, -0.25) is 13.9 Å². The number of ether oxygens (including phenoxy) is 1. The van der Waals surface area contributed by atoms with E-state index in [0.717, 1.165) is 21.0 Å². The second kappa shape index (κ2) is 15.4. The van der Waals surface area contributed by atoms with E-state index in [4.69, 9.17) is 4.74 Å². The standard InChI is InChI=1S/C36H41N3O5S/c1-5-44-34-22-13-12-21-32(34)39(45(42,43)31-19-10-7-11-20-31)26-35(40)38(25-30-18-14-15-28(4)23-30)33(36(41)37-27(2)3)24-29-16-8-6-9-17-29/h6-23,27,33H,5,24-26H2,1-4H3,(H,37,41). The van der Waals surface area contributed by atoms with Crippen LogP contribution in [0.1, 0.15) is 37.5 Å². The molecule has 0 bridgehead atoms. The highest BCUT2D eigenvalue weighted by atomic mass is 32.2. The molecule has 0 radical (unpaired) electrons. The highest BCUT2D eigenvalue weighted by Gasteiger charge is 2.35. The lowest BCUT2D eigenvalue weighted by Crippen LogP contribution is -2.54. The molecule has 1 N–H and O–H groups in total. The predicted molar refractivity (Wildman–Crippen MR) is 178 cm³/mol. The van der Waals surface area contributed by atoms with Crippen molar-refractivity contribution in [1.82, 2.24) is 10.2 Å². The molecule has 2 amide bonds. The largest absolute Gasteiger partial charge is 0.492 e. The second-order valence-electron chi connectivity index (χ2n) is 11.1. The van der Waals surface area contributed by atoms with Crippen molar-refractivity contribution in [2.24, 2.45) is 0 Å². The zero-order valence-electron chi connectivity index (χ0n) is 26.2. The van der Waals surface area contributed by atoms with Crippen LogP contribution in [0.2, 0.25) is 0 Å². The molecule has 0 saturated heterocycles. The molecule has 1 unspecified atom stereocenters. The van der Waals surface area contributed by atoms with Gasteiger partial charge in [0.15, 0.2) is 0 Å². The van der Waals surface area contributed by atoms with Crippen molar-refractivity contribution in [3.63, 3.8) is 0 Å². The van der Waals surface area contributed by atoms with E-state index in [2.05, 4.69) is 5.32 Å². The fourth-order valence-electron chi connectivity index (χ4n) is 5.12. The van der Waals surface area contributed by atoms with Crippen LogP contribution in [0.4, 0.5) is 5.69 Å². The number of aryl methyl sites for hydroxylation is 1. The maximum Gasteiger partial charge on any atom is 0.264 e. The molecule has 8 nitrogen and oxygen atoms in total. The molecule has 0 aliphatic heterocycles. The normalized spacial score (nSPS) is 11.9. The van der Waals surface area contributed by atoms with Gasteiger partial charge in [0.25, 0.3) is 10.0 Å². The third-order valence-electron chi connectivity index (χ3n) is 7.18. The van der Waals surface area contributed by atoms with Crippen LogP contribution in [0.3, 0.4) is 0 Å². The average Bonchev–Trinajstić information content (AvgIpc) is 3.02. The van der Waals surface area contributed by atoms with Gasteiger partial charge < -0.3 is 15.0 Å². The lowest BCUT2D eigenvalue weighted by Gasteiger charge is -2.34. The highest BCUT2D eigenvalue weighted by molar-refractivity contribution is 7.92. The van der Waals surface area contributed by atoms with Crippen molar-refractivity contribution < 1.29 is 22.7 Å². The van der Waals surface area contributed by atoms with E-state index >= 15 is 0 Å². The third-order valence-corrected chi connectivity index (χ3v) is 8.96. The third kappa shape index (κ3) is 8.73. The zero-order valence-corrected chi connectivity index (χ0v) is 27.0. The van der Waals surface area contributed by atoms with Crippen LogP contribution in [-0.4, -0.2) is 50.4 Å². The summed E-state index contributed by atoms with van der Waals surface area (Å²) >= 11 is 0. The van der Waals surface area contributed by atoms with Crippen LogP contribution >= 0.6 is 0 Å². The van der Waals surface area contributed by atoms with E-state index in [1.807, 2.05) is 82.3 Å². The van der Waals surface area contributed by atoms with Crippen molar-refractivity contribution in [3.05, 3.63) is 126 Å². The van der Waals surface area contributed by atoms with Crippen molar-refractivity contribution >= 4 is 27.5 Å². The Bertz CT molecular complexity index is 1680. The zero-order chi connectivity index (χ0) is 32.4. The molecular weight excluding hydrogens is 586 g/mol. The van der Waals surface area contributed by atoms with Gasteiger partial charge in [-0.25, -0.2) is 8.42 Å². The molecule has 45 heavy (non-hydrogen) atoms. The summed E-state index contributed by atoms with van der Waals surface area (Å²) in [7, 11) is -4.22. The fraction of sp³-hybridized carbons (Fsp3) is 0.278. The van der Waals surface area contributed by atoms with Gasteiger partial charge in [-0.1, -0.05) is 90.5 Å². The smallest absolute Gasteiger partial charge is 0.264 e. The van der Waals surface area contributed by atoms with E-state index in [0.29, 0.717) is 12.4 Å². The first-order valence-electron chi connectivity index (χ1n) is 15.1. The van der Waals surface area contributed by atoms with Gasteiger partial charge in [-0.15, -0.1) is 0 Å². The Balaban J connectivity index is 1.83. The number of hydrogen-bond donors (Lipinski definition) is 1. The van der Waals surface area contributed by atoms with E-state index in [-0.39, 0.29) is 35.5 Å². The summed E-state index contributed by atoms with van der Waals surface area (Å²) < 4.78 is 35.3. The summed E-state index contributed by atoms with van der Waals surface area (Å²) in [5.74, 6) is -0.514. The fourth-order valence-corrected chi connectivity index (χ4v) is 6.56. The molecule has 0 aliphatic carbocycles. The van der Waals surface area contributed by atoms with Gasteiger partial charge in [-0.05, 0) is 63.1 Å². The SMILES string of the molecule is CCOc1ccccc1N(CC(=O)N(Cc1cccc(C)c1)C(Cc1ccccc1)C(=O)NC(C)C)S(=O)(=O)c1ccccc1. The van der Waals surface area contributed by atoms with Crippen molar-refractivity contribution in [1.29, 1.82) is 0 Å². The number of anilines is 1. The summed E-state index contributed by atoms with van der Waals surface area (Å²) in [5, 5.41) is 2.98. The monoisotopic (exact) mass is 627 g/mol. The number of carbonyl (C=O) groups excluding carboxylic acids is 2.